The average molecular weight is 422 g/mol. The first-order valence-corrected chi connectivity index (χ1v) is 10.7. The molecule has 0 atom stereocenters. The molecule has 0 unspecified atom stereocenters. The number of ether oxygens (including phenoxy) is 2. The summed E-state index contributed by atoms with van der Waals surface area (Å²) in [6.45, 7) is 5.05. The van der Waals surface area contributed by atoms with Gasteiger partial charge in [0.2, 0.25) is 0 Å². The predicted molar refractivity (Wildman–Crippen MR) is 117 cm³/mol. The van der Waals surface area contributed by atoms with Gasteiger partial charge in [0.15, 0.2) is 5.96 Å². The molecule has 1 aromatic carbocycles. The van der Waals surface area contributed by atoms with E-state index >= 15 is 0 Å². The number of hydrogen-bond acceptors (Lipinski definition) is 4. The van der Waals surface area contributed by atoms with Gasteiger partial charge in [-0.15, -0.1) is 11.3 Å². The van der Waals surface area contributed by atoms with E-state index in [1.807, 2.05) is 18.2 Å². The van der Waals surface area contributed by atoms with Crippen molar-refractivity contribution in [2.45, 2.75) is 31.7 Å². The molecule has 2 heterocycles. The van der Waals surface area contributed by atoms with Gasteiger partial charge in [0, 0.05) is 52.6 Å². The summed E-state index contributed by atoms with van der Waals surface area (Å²) in [7, 11) is 3.50. The first-order chi connectivity index (χ1) is 13.6. The number of nitrogens with one attached hydrogen (secondary N) is 2. The topological polar surface area (TPSA) is 54.9 Å². The molecule has 152 valence electrons. The van der Waals surface area contributed by atoms with E-state index in [2.05, 4.69) is 34.7 Å². The van der Waals surface area contributed by atoms with E-state index in [4.69, 9.17) is 21.1 Å². The van der Waals surface area contributed by atoms with Crippen LogP contribution in [0.25, 0.3) is 0 Å². The predicted octanol–water partition coefficient (Wildman–Crippen LogP) is 4.13. The Morgan fingerprint density at radius 2 is 2.04 bits per heavy atom. The molecular formula is C21H28ClN3O2S. The van der Waals surface area contributed by atoms with Crippen molar-refractivity contribution in [3.63, 3.8) is 0 Å². The van der Waals surface area contributed by atoms with Crippen LogP contribution in [0.2, 0.25) is 5.02 Å². The molecule has 28 heavy (non-hydrogen) atoms. The third-order valence-corrected chi connectivity index (χ3v) is 6.46. The highest BCUT2D eigenvalue weighted by molar-refractivity contribution is 7.11. The molecule has 0 amide bonds. The number of thiophene rings is 1. The van der Waals surface area contributed by atoms with E-state index in [0.29, 0.717) is 0 Å². The zero-order chi connectivity index (χ0) is 20.0. The molecule has 1 aromatic heterocycles. The lowest BCUT2D eigenvalue weighted by Gasteiger charge is -2.39. The SMILES string of the molecule is CN=C(NCc1ccc(C)s1)NCC1(c2cc(Cl)ccc2OC)CCOCC1. The molecule has 5 nitrogen and oxygen atoms in total. The van der Waals surface area contributed by atoms with Crippen LogP contribution >= 0.6 is 22.9 Å². The Bertz CT molecular complexity index is 816. The Labute approximate surface area is 176 Å². The van der Waals surface area contributed by atoms with Crippen LogP contribution in [0.15, 0.2) is 35.3 Å². The molecule has 1 aliphatic rings. The number of guanidine groups is 1. The van der Waals surface area contributed by atoms with E-state index in [0.717, 1.165) is 61.4 Å². The number of halogens is 1. The van der Waals surface area contributed by atoms with Gasteiger partial charge in [-0.3, -0.25) is 4.99 Å². The maximum Gasteiger partial charge on any atom is 0.191 e. The molecule has 2 N–H and O–H groups in total. The number of methoxy groups -OCH3 is 1. The van der Waals surface area contributed by atoms with Crippen molar-refractivity contribution in [1.29, 1.82) is 0 Å². The third kappa shape index (κ3) is 4.99. The zero-order valence-electron chi connectivity index (χ0n) is 16.7. The summed E-state index contributed by atoms with van der Waals surface area (Å²) in [4.78, 5) is 6.99. The fourth-order valence-electron chi connectivity index (χ4n) is 3.62. The molecule has 0 spiro atoms. The van der Waals surface area contributed by atoms with Gasteiger partial charge in [-0.25, -0.2) is 0 Å². The maximum absolute atomic E-state index is 6.32. The van der Waals surface area contributed by atoms with Crippen LogP contribution in [0.4, 0.5) is 0 Å². The summed E-state index contributed by atoms with van der Waals surface area (Å²) < 4.78 is 11.3. The van der Waals surface area contributed by atoms with E-state index in [9.17, 15) is 0 Å². The van der Waals surface area contributed by atoms with Crippen LogP contribution in [0, 0.1) is 6.92 Å². The molecule has 1 fully saturated rings. The number of benzene rings is 1. The van der Waals surface area contributed by atoms with E-state index < -0.39 is 0 Å². The van der Waals surface area contributed by atoms with Gasteiger partial charge in [-0.2, -0.15) is 0 Å². The molecule has 2 aromatic rings. The third-order valence-electron chi connectivity index (χ3n) is 5.23. The van der Waals surface area contributed by atoms with Crippen LogP contribution in [0.5, 0.6) is 5.75 Å². The van der Waals surface area contributed by atoms with Crippen molar-refractivity contribution < 1.29 is 9.47 Å². The number of aliphatic imine (C=N–C) groups is 1. The van der Waals surface area contributed by atoms with Crippen LogP contribution < -0.4 is 15.4 Å². The van der Waals surface area contributed by atoms with Crippen LogP contribution in [-0.4, -0.2) is 39.9 Å². The molecule has 0 saturated carbocycles. The highest BCUT2D eigenvalue weighted by atomic mass is 35.5. The summed E-state index contributed by atoms with van der Waals surface area (Å²) in [5.41, 5.74) is 1.01. The molecule has 0 radical (unpaired) electrons. The van der Waals surface area contributed by atoms with Crippen molar-refractivity contribution in [1.82, 2.24) is 10.6 Å². The lowest BCUT2D eigenvalue weighted by atomic mass is 9.73. The standard InChI is InChI=1S/C21H28ClN3O2S/c1-15-4-6-17(28-15)13-24-20(23-2)25-14-21(8-10-27-11-9-21)18-12-16(22)5-7-19(18)26-3/h4-7,12H,8-11,13-14H2,1-3H3,(H2,23,24,25). The summed E-state index contributed by atoms with van der Waals surface area (Å²) in [5.74, 6) is 1.66. The van der Waals surface area contributed by atoms with Crippen LogP contribution in [0.3, 0.4) is 0 Å². The minimum Gasteiger partial charge on any atom is -0.496 e. The van der Waals surface area contributed by atoms with Gasteiger partial charge < -0.3 is 20.1 Å². The molecular weight excluding hydrogens is 394 g/mol. The number of aryl methyl sites for hydroxylation is 1. The summed E-state index contributed by atoms with van der Waals surface area (Å²) in [6, 6.07) is 10.1. The quantitative estimate of drug-likeness (QED) is 0.543. The monoisotopic (exact) mass is 421 g/mol. The van der Waals surface area contributed by atoms with Gasteiger partial charge >= 0.3 is 0 Å². The van der Waals surface area contributed by atoms with Crippen molar-refractivity contribution >= 4 is 28.9 Å². The molecule has 1 saturated heterocycles. The second-order valence-electron chi connectivity index (χ2n) is 7.03. The Morgan fingerprint density at radius 1 is 1.25 bits per heavy atom. The largest absolute Gasteiger partial charge is 0.496 e. The lowest BCUT2D eigenvalue weighted by molar-refractivity contribution is 0.0505. The fourth-order valence-corrected chi connectivity index (χ4v) is 4.62. The molecule has 3 rings (SSSR count). The second kappa shape index (κ2) is 9.63. The second-order valence-corrected chi connectivity index (χ2v) is 8.84. The van der Waals surface area contributed by atoms with Gasteiger partial charge in [-0.05, 0) is 50.1 Å². The van der Waals surface area contributed by atoms with Crippen molar-refractivity contribution in [3.8, 4) is 5.75 Å². The van der Waals surface area contributed by atoms with Crippen LogP contribution in [0.1, 0.15) is 28.2 Å². The number of rotatable bonds is 6. The van der Waals surface area contributed by atoms with E-state index in [-0.39, 0.29) is 5.41 Å². The Hall–Kier alpha value is -1.76. The first-order valence-electron chi connectivity index (χ1n) is 9.48. The van der Waals surface area contributed by atoms with E-state index in [1.54, 1.807) is 25.5 Å². The smallest absolute Gasteiger partial charge is 0.191 e. The molecule has 0 aliphatic carbocycles. The fraction of sp³-hybridized carbons (Fsp3) is 0.476. The summed E-state index contributed by atoms with van der Waals surface area (Å²) in [5, 5.41) is 7.64. The van der Waals surface area contributed by atoms with Crippen LogP contribution in [-0.2, 0) is 16.7 Å². The summed E-state index contributed by atoms with van der Waals surface area (Å²) in [6.07, 6.45) is 1.80. The van der Waals surface area contributed by atoms with Crippen molar-refractivity contribution in [3.05, 3.63) is 50.7 Å². The minimum atomic E-state index is -0.119. The van der Waals surface area contributed by atoms with Gasteiger partial charge in [0.1, 0.15) is 5.75 Å². The number of nitrogens with zero attached hydrogens (tertiary/aromatic N) is 1. The first kappa shape index (κ1) is 21.0. The average Bonchev–Trinajstić information content (AvgIpc) is 3.14. The normalized spacial score (nSPS) is 16.6. The Kier molecular flexibility index (Phi) is 7.21. The zero-order valence-corrected chi connectivity index (χ0v) is 18.3. The molecule has 0 bridgehead atoms. The maximum atomic E-state index is 6.32. The lowest BCUT2D eigenvalue weighted by Crippen LogP contribution is -2.48. The Balaban J connectivity index is 1.74. The highest BCUT2D eigenvalue weighted by Crippen LogP contribution is 2.40. The van der Waals surface area contributed by atoms with Crippen molar-refractivity contribution in [2.24, 2.45) is 4.99 Å². The summed E-state index contributed by atoms with van der Waals surface area (Å²) >= 11 is 8.12. The Morgan fingerprint density at radius 3 is 2.68 bits per heavy atom. The molecule has 1 aliphatic heterocycles. The van der Waals surface area contributed by atoms with E-state index in [1.165, 1.54) is 9.75 Å². The minimum absolute atomic E-state index is 0.119. The van der Waals surface area contributed by atoms with Gasteiger partial charge in [0.25, 0.3) is 0 Å². The van der Waals surface area contributed by atoms with Gasteiger partial charge in [0.05, 0.1) is 13.7 Å². The molecule has 7 heteroatoms. The van der Waals surface area contributed by atoms with Gasteiger partial charge in [-0.1, -0.05) is 11.6 Å². The highest BCUT2D eigenvalue weighted by Gasteiger charge is 2.37. The number of hydrogen-bond donors (Lipinski definition) is 2. The van der Waals surface area contributed by atoms with Crippen molar-refractivity contribution in [2.75, 3.05) is 33.9 Å².